The second-order valence-corrected chi connectivity index (χ2v) is 8.51. The number of benzene rings is 1. The third kappa shape index (κ3) is 3.74. The van der Waals surface area contributed by atoms with E-state index in [9.17, 15) is 9.90 Å². The molecule has 3 nitrogen and oxygen atoms in total. The molecule has 0 aromatic heterocycles. The summed E-state index contributed by atoms with van der Waals surface area (Å²) in [5, 5.41) is 11.0. The summed E-state index contributed by atoms with van der Waals surface area (Å²) in [5.74, 6) is 0.879. The molecule has 1 amide bonds. The number of nitrogens with zero attached hydrogens (tertiary/aromatic N) is 1. The van der Waals surface area contributed by atoms with Crippen LogP contribution in [0.4, 0.5) is 0 Å². The van der Waals surface area contributed by atoms with Crippen molar-refractivity contribution in [3.05, 3.63) is 25.2 Å². The monoisotopic (exact) mass is 467 g/mol. The van der Waals surface area contributed by atoms with Crippen LogP contribution in [-0.4, -0.2) is 28.5 Å². The fourth-order valence-electron chi connectivity index (χ4n) is 3.88. The molecule has 3 rings (SSSR count). The topological polar surface area (TPSA) is 40.5 Å². The van der Waals surface area contributed by atoms with Gasteiger partial charge in [0.25, 0.3) is 0 Å². The molecule has 1 aliphatic carbocycles. The normalized spacial score (nSPS) is 25.2. The lowest BCUT2D eigenvalue weighted by Crippen LogP contribution is -2.39. The highest BCUT2D eigenvalue weighted by molar-refractivity contribution is 14.1. The summed E-state index contributed by atoms with van der Waals surface area (Å²) < 4.78 is 0.672. The highest BCUT2D eigenvalue weighted by atomic mass is 127. The Morgan fingerprint density at radius 3 is 2.78 bits per heavy atom. The van der Waals surface area contributed by atoms with Crippen LogP contribution in [0.5, 0.6) is 5.75 Å². The lowest BCUT2D eigenvalue weighted by Gasteiger charge is -2.35. The smallest absolute Gasteiger partial charge is 0.222 e. The van der Waals surface area contributed by atoms with Crippen LogP contribution >= 0.6 is 45.8 Å². The van der Waals surface area contributed by atoms with Crippen molar-refractivity contribution in [1.29, 1.82) is 0 Å². The summed E-state index contributed by atoms with van der Waals surface area (Å²) in [4.78, 5) is 14.0. The van der Waals surface area contributed by atoms with Gasteiger partial charge >= 0.3 is 0 Å². The van der Waals surface area contributed by atoms with Crippen LogP contribution in [0.3, 0.4) is 0 Å². The molecule has 6 heteroatoms. The quantitative estimate of drug-likeness (QED) is 0.633. The van der Waals surface area contributed by atoms with E-state index in [1.54, 1.807) is 6.07 Å². The summed E-state index contributed by atoms with van der Waals surface area (Å²) in [6.45, 7) is 0.905. The van der Waals surface area contributed by atoms with Crippen molar-refractivity contribution in [2.45, 2.75) is 51.0 Å². The van der Waals surface area contributed by atoms with E-state index in [0.717, 1.165) is 50.6 Å². The van der Waals surface area contributed by atoms with Gasteiger partial charge in [-0.3, -0.25) is 4.79 Å². The number of carbonyl (C=O) groups excluding carboxylic acids is 1. The minimum absolute atomic E-state index is 0.119. The van der Waals surface area contributed by atoms with Gasteiger partial charge in [-0.05, 0) is 72.2 Å². The first-order valence-electron chi connectivity index (χ1n) is 8.12. The summed E-state index contributed by atoms with van der Waals surface area (Å²) >= 11 is 14.7. The third-order valence-corrected chi connectivity index (χ3v) is 6.61. The van der Waals surface area contributed by atoms with Gasteiger partial charge in [0, 0.05) is 24.0 Å². The number of halogens is 3. The molecule has 2 atom stereocenters. The standard InChI is InChI=1S/C17H20Cl2INO2/c18-13-9-14(20)17(23)16(19)12(13)8-10-3-1-4-11(7-10)21-6-2-5-15(21)22/h9-11,23H,1-8H2. The Morgan fingerprint density at radius 2 is 2.09 bits per heavy atom. The zero-order valence-corrected chi connectivity index (χ0v) is 16.5. The van der Waals surface area contributed by atoms with Crippen LogP contribution in [-0.2, 0) is 11.2 Å². The number of phenols is 1. The van der Waals surface area contributed by atoms with Gasteiger partial charge in [-0.2, -0.15) is 0 Å². The average molecular weight is 468 g/mol. The maximum Gasteiger partial charge on any atom is 0.222 e. The molecule has 23 heavy (non-hydrogen) atoms. The number of amides is 1. The highest BCUT2D eigenvalue weighted by Crippen LogP contribution is 2.40. The van der Waals surface area contributed by atoms with Crippen molar-refractivity contribution in [2.75, 3.05) is 6.54 Å². The van der Waals surface area contributed by atoms with Gasteiger partial charge in [-0.25, -0.2) is 0 Å². The lowest BCUT2D eigenvalue weighted by molar-refractivity contribution is -0.130. The Hall–Kier alpha value is -0.200. The fraction of sp³-hybridized carbons (Fsp3) is 0.588. The van der Waals surface area contributed by atoms with Gasteiger partial charge in [0.1, 0.15) is 5.75 Å². The van der Waals surface area contributed by atoms with Gasteiger partial charge in [-0.15, -0.1) is 0 Å². The predicted octanol–water partition coefficient (Wildman–Crippen LogP) is 5.03. The SMILES string of the molecule is O=C1CCCN1C1CCCC(Cc2c(Cl)cc(I)c(O)c2Cl)C1. The van der Waals surface area contributed by atoms with E-state index >= 15 is 0 Å². The minimum Gasteiger partial charge on any atom is -0.505 e. The summed E-state index contributed by atoms with van der Waals surface area (Å²) in [5.41, 5.74) is 0.838. The van der Waals surface area contributed by atoms with Crippen molar-refractivity contribution in [2.24, 2.45) is 5.92 Å². The summed E-state index contributed by atoms with van der Waals surface area (Å²) in [6.07, 6.45) is 6.81. The maximum atomic E-state index is 12.0. The molecule has 0 radical (unpaired) electrons. The van der Waals surface area contributed by atoms with Crippen LogP contribution in [0.15, 0.2) is 6.07 Å². The van der Waals surface area contributed by atoms with Gasteiger partial charge in [0.05, 0.1) is 8.59 Å². The Balaban J connectivity index is 1.73. The molecular weight excluding hydrogens is 448 g/mol. The number of hydrogen-bond donors (Lipinski definition) is 1. The van der Waals surface area contributed by atoms with Crippen LogP contribution in [0.2, 0.25) is 10.0 Å². The number of rotatable bonds is 3. The molecule has 1 saturated carbocycles. The zero-order valence-electron chi connectivity index (χ0n) is 12.8. The number of carbonyl (C=O) groups is 1. The molecule has 1 aromatic rings. The second-order valence-electron chi connectivity index (χ2n) is 6.56. The lowest BCUT2D eigenvalue weighted by atomic mass is 9.81. The molecular formula is C17H20Cl2INO2. The van der Waals surface area contributed by atoms with Gasteiger partial charge in [0.2, 0.25) is 5.91 Å². The van der Waals surface area contributed by atoms with E-state index in [1.807, 2.05) is 22.6 Å². The van der Waals surface area contributed by atoms with E-state index in [4.69, 9.17) is 23.2 Å². The summed E-state index contributed by atoms with van der Waals surface area (Å²) in [7, 11) is 0. The van der Waals surface area contributed by atoms with Crippen molar-refractivity contribution >= 4 is 51.7 Å². The van der Waals surface area contributed by atoms with Gasteiger partial charge in [-0.1, -0.05) is 29.6 Å². The van der Waals surface area contributed by atoms with E-state index < -0.39 is 0 Å². The predicted molar refractivity (Wildman–Crippen MR) is 101 cm³/mol. The molecule has 1 aromatic carbocycles. The highest BCUT2D eigenvalue weighted by Gasteiger charge is 2.32. The maximum absolute atomic E-state index is 12.0. The molecule has 1 saturated heterocycles. The van der Waals surface area contributed by atoms with E-state index in [-0.39, 0.29) is 5.75 Å². The molecule has 0 spiro atoms. The minimum atomic E-state index is 0.119. The Labute approximate surface area is 160 Å². The second kappa shape index (κ2) is 7.36. The van der Waals surface area contributed by atoms with Gasteiger partial charge in [0.15, 0.2) is 0 Å². The van der Waals surface area contributed by atoms with E-state index in [1.165, 1.54) is 0 Å². The Bertz CT molecular complexity index is 623. The first-order chi connectivity index (χ1) is 11.0. The first-order valence-corrected chi connectivity index (χ1v) is 9.95. The van der Waals surface area contributed by atoms with Gasteiger partial charge < -0.3 is 10.0 Å². The number of phenolic OH excluding ortho intramolecular Hbond substituents is 1. The Kier molecular flexibility index (Phi) is 5.64. The van der Waals surface area contributed by atoms with Crippen molar-refractivity contribution in [3.63, 3.8) is 0 Å². The largest absolute Gasteiger partial charge is 0.505 e. The molecule has 2 fully saturated rings. The molecule has 126 valence electrons. The molecule has 0 bridgehead atoms. The number of hydrogen-bond acceptors (Lipinski definition) is 2. The van der Waals surface area contributed by atoms with Crippen LogP contribution in [0.25, 0.3) is 0 Å². The van der Waals surface area contributed by atoms with Crippen molar-refractivity contribution < 1.29 is 9.90 Å². The number of likely N-dealkylation sites (tertiary alicyclic amines) is 1. The van der Waals surface area contributed by atoms with Crippen molar-refractivity contribution in [1.82, 2.24) is 4.90 Å². The molecule has 1 heterocycles. The fourth-order valence-corrected chi connectivity index (χ4v) is 5.42. The first kappa shape index (κ1) is 17.6. The summed E-state index contributed by atoms with van der Waals surface area (Å²) in [6, 6.07) is 2.13. The van der Waals surface area contributed by atoms with Crippen LogP contribution in [0, 0.1) is 9.49 Å². The number of aromatic hydroxyl groups is 1. The molecule has 2 aliphatic rings. The van der Waals surface area contributed by atoms with Crippen molar-refractivity contribution in [3.8, 4) is 5.75 Å². The zero-order chi connectivity index (χ0) is 16.6. The van der Waals surface area contributed by atoms with E-state index in [2.05, 4.69) is 4.90 Å². The third-order valence-electron chi connectivity index (χ3n) is 5.04. The molecule has 2 unspecified atom stereocenters. The molecule has 1 aliphatic heterocycles. The van der Waals surface area contributed by atoms with Crippen LogP contribution in [0.1, 0.15) is 44.1 Å². The van der Waals surface area contributed by atoms with E-state index in [0.29, 0.717) is 37.9 Å². The van der Waals surface area contributed by atoms with Crippen LogP contribution < -0.4 is 0 Å². The average Bonchev–Trinajstić information content (AvgIpc) is 2.96. The molecule has 1 N–H and O–H groups in total. The Morgan fingerprint density at radius 1 is 1.30 bits per heavy atom.